The third kappa shape index (κ3) is 6.01. The molecule has 0 spiro atoms. The van der Waals surface area contributed by atoms with Gasteiger partial charge in [-0.05, 0) is 48.4 Å². The maximum atomic E-state index is 13.5. The molecule has 0 radical (unpaired) electrons. The number of sulfonamides is 1. The van der Waals surface area contributed by atoms with E-state index in [1.165, 1.54) is 44.6 Å². The molecule has 0 aliphatic carbocycles. The van der Waals surface area contributed by atoms with Crippen molar-refractivity contribution in [2.45, 2.75) is 11.3 Å². The van der Waals surface area contributed by atoms with Gasteiger partial charge >= 0.3 is 0 Å². The van der Waals surface area contributed by atoms with Gasteiger partial charge in [0.05, 0.1) is 24.8 Å². The molecule has 0 aliphatic heterocycles. The number of hydrogen-bond donors (Lipinski definition) is 1. The third-order valence-corrected chi connectivity index (χ3v) is 6.69. The zero-order valence-electron chi connectivity index (χ0n) is 18.3. The Bertz CT molecular complexity index is 1190. The van der Waals surface area contributed by atoms with E-state index in [1.807, 2.05) is 0 Å². The molecule has 0 bridgehead atoms. The number of ether oxygens (including phenoxy) is 2. The number of halogens is 1. The Morgan fingerprint density at radius 2 is 1.61 bits per heavy atom. The summed E-state index contributed by atoms with van der Waals surface area (Å²) in [5.74, 6) is -0.150. The highest BCUT2D eigenvalue weighted by Crippen LogP contribution is 2.32. The second-order valence-corrected chi connectivity index (χ2v) is 8.95. The van der Waals surface area contributed by atoms with Crippen molar-refractivity contribution >= 4 is 21.6 Å². The van der Waals surface area contributed by atoms with Crippen LogP contribution in [0.5, 0.6) is 11.5 Å². The fourth-order valence-corrected chi connectivity index (χ4v) is 4.63. The summed E-state index contributed by atoms with van der Waals surface area (Å²) in [7, 11) is -1.22. The summed E-state index contributed by atoms with van der Waals surface area (Å²) in [6.45, 7) is -0.131. The van der Waals surface area contributed by atoms with Crippen LogP contribution in [-0.4, -0.2) is 41.6 Å². The molecule has 3 aromatic rings. The minimum Gasteiger partial charge on any atom is -0.493 e. The molecule has 0 unspecified atom stereocenters. The molecule has 0 saturated heterocycles. The van der Waals surface area contributed by atoms with Gasteiger partial charge in [0.1, 0.15) is 12.4 Å². The largest absolute Gasteiger partial charge is 0.493 e. The molecule has 1 N–H and O–H groups in total. The van der Waals surface area contributed by atoms with E-state index in [9.17, 15) is 17.6 Å². The minimum absolute atomic E-state index is 0.0388. The lowest BCUT2D eigenvalue weighted by atomic mass is 10.1. The van der Waals surface area contributed by atoms with Crippen LogP contribution in [-0.2, 0) is 21.2 Å². The van der Waals surface area contributed by atoms with Crippen LogP contribution in [0.15, 0.2) is 77.7 Å². The first-order valence-electron chi connectivity index (χ1n) is 10.2. The molecular formula is C24H25FN2O5S. The normalized spacial score (nSPS) is 11.0. The quantitative estimate of drug-likeness (QED) is 0.489. The van der Waals surface area contributed by atoms with E-state index < -0.39 is 22.5 Å². The number of carbonyl (C=O) groups is 1. The number of hydrogen-bond acceptors (Lipinski definition) is 5. The van der Waals surface area contributed by atoms with Crippen molar-refractivity contribution in [1.82, 2.24) is 5.32 Å². The van der Waals surface area contributed by atoms with E-state index >= 15 is 0 Å². The molecule has 33 heavy (non-hydrogen) atoms. The van der Waals surface area contributed by atoms with E-state index in [4.69, 9.17) is 9.47 Å². The highest BCUT2D eigenvalue weighted by atomic mass is 32.2. The van der Waals surface area contributed by atoms with Crippen molar-refractivity contribution < 1.29 is 27.1 Å². The van der Waals surface area contributed by atoms with E-state index in [1.54, 1.807) is 42.5 Å². The van der Waals surface area contributed by atoms with Crippen molar-refractivity contribution in [3.63, 3.8) is 0 Å². The molecular weight excluding hydrogens is 447 g/mol. The Morgan fingerprint density at radius 3 is 2.24 bits per heavy atom. The van der Waals surface area contributed by atoms with Crippen molar-refractivity contribution in [2.24, 2.45) is 0 Å². The number of nitrogens with one attached hydrogen (secondary N) is 1. The Morgan fingerprint density at radius 1 is 0.939 bits per heavy atom. The lowest BCUT2D eigenvalue weighted by molar-refractivity contribution is -0.119. The first-order chi connectivity index (χ1) is 15.8. The van der Waals surface area contributed by atoms with Crippen molar-refractivity contribution in [3.05, 3.63) is 84.2 Å². The number of amides is 1. The second-order valence-electron chi connectivity index (χ2n) is 7.09. The zero-order valence-corrected chi connectivity index (χ0v) is 19.1. The number of methoxy groups -OCH3 is 2. The van der Waals surface area contributed by atoms with Gasteiger partial charge in [-0.25, -0.2) is 12.8 Å². The zero-order chi connectivity index (χ0) is 23.8. The van der Waals surface area contributed by atoms with Gasteiger partial charge in [0, 0.05) is 12.6 Å². The lowest BCUT2D eigenvalue weighted by Gasteiger charge is -2.24. The van der Waals surface area contributed by atoms with Crippen LogP contribution in [0, 0.1) is 5.82 Å². The van der Waals surface area contributed by atoms with Gasteiger partial charge in [-0.1, -0.05) is 30.3 Å². The van der Waals surface area contributed by atoms with Crippen LogP contribution in [0.2, 0.25) is 0 Å². The monoisotopic (exact) mass is 472 g/mol. The standard InChI is InChI=1S/C24H25FN2O5S/c1-31-22-13-12-21(16-23(22)32-2)33(29,30)27(20-6-4-3-5-7-20)17-24(28)26-15-14-18-8-10-19(25)11-9-18/h3-13,16H,14-15,17H2,1-2H3,(H,26,28). The molecule has 174 valence electrons. The van der Waals surface area contributed by atoms with Crippen LogP contribution in [0.1, 0.15) is 5.56 Å². The smallest absolute Gasteiger partial charge is 0.264 e. The molecule has 0 fully saturated rings. The van der Waals surface area contributed by atoms with Crippen LogP contribution < -0.4 is 19.1 Å². The SMILES string of the molecule is COc1ccc(S(=O)(=O)N(CC(=O)NCCc2ccc(F)cc2)c2ccccc2)cc1OC. The molecule has 0 heterocycles. The number of nitrogens with zero attached hydrogens (tertiary/aromatic N) is 1. The topological polar surface area (TPSA) is 84.9 Å². The number of anilines is 1. The average molecular weight is 473 g/mol. The van der Waals surface area contributed by atoms with E-state index in [-0.39, 0.29) is 23.0 Å². The molecule has 0 saturated carbocycles. The Balaban J connectivity index is 1.80. The molecule has 7 nitrogen and oxygen atoms in total. The number of para-hydroxylation sites is 1. The van der Waals surface area contributed by atoms with E-state index in [0.717, 1.165) is 9.87 Å². The fraction of sp³-hybridized carbons (Fsp3) is 0.208. The molecule has 0 atom stereocenters. The Labute approximate surface area is 192 Å². The number of benzene rings is 3. The molecule has 1 amide bonds. The minimum atomic E-state index is -4.09. The lowest BCUT2D eigenvalue weighted by Crippen LogP contribution is -2.41. The summed E-state index contributed by atoms with van der Waals surface area (Å²) in [6, 6.07) is 18.6. The number of rotatable bonds is 10. The van der Waals surface area contributed by atoms with Crippen LogP contribution in [0.25, 0.3) is 0 Å². The summed E-state index contributed by atoms with van der Waals surface area (Å²) in [4.78, 5) is 12.6. The third-order valence-electron chi connectivity index (χ3n) is 4.92. The van der Waals surface area contributed by atoms with Gasteiger partial charge in [-0.15, -0.1) is 0 Å². The van der Waals surface area contributed by atoms with Gasteiger partial charge in [-0.3, -0.25) is 9.10 Å². The highest BCUT2D eigenvalue weighted by Gasteiger charge is 2.28. The van der Waals surface area contributed by atoms with Gasteiger partial charge in [-0.2, -0.15) is 0 Å². The molecule has 3 aromatic carbocycles. The summed E-state index contributed by atoms with van der Waals surface area (Å²) in [5.41, 5.74) is 1.20. The first-order valence-corrected chi connectivity index (χ1v) is 11.6. The predicted octanol–water partition coefficient (Wildman–Crippen LogP) is 3.40. The van der Waals surface area contributed by atoms with E-state index in [0.29, 0.717) is 17.9 Å². The Hall–Kier alpha value is -3.59. The summed E-state index contributed by atoms with van der Waals surface area (Å²) >= 11 is 0. The summed E-state index contributed by atoms with van der Waals surface area (Å²) in [5, 5.41) is 2.73. The molecule has 0 aromatic heterocycles. The van der Waals surface area contributed by atoms with E-state index in [2.05, 4.69) is 5.32 Å². The summed E-state index contributed by atoms with van der Waals surface area (Å²) < 4.78 is 51.4. The van der Waals surface area contributed by atoms with Gasteiger partial charge in [0.25, 0.3) is 10.0 Å². The molecule has 9 heteroatoms. The fourth-order valence-electron chi connectivity index (χ4n) is 3.20. The number of carbonyl (C=O) groups excluding carboxylic acids is 1. The van der Waals surface area contributed by atoms with Crippen LogP contribution >= 0.6 is 0 Å². The van der Waals surface area contributed by atoms with Crippen molar-refractivity contribution in [1.29, 1.82) is 0 Å². The average Bonchev–Trinajstić information content (AvgIpc) is 2.83. The summed E-state index contributed by atoms with van der Waals surface area (Å²) in [6.07, 6.45) is 0.486. The Kier molecular flexibility index (Phi) is 7.89. The molecule has 0 aliphatic rings. The highest BCUT2D eigenvalue weighted by molar-refractivity contribution is 7.92. The van der Waals surface area contributed by atoms with Crippen LogP contribution in [0.3, 0.4) is 0 Å². The van der Waals surface area contributed by atoms with Crippen molar-refractivity contribution in [3.8, 4) is 11.5 Å². The van der Waals surface area contributed by atoms with Gasteiger partial charge < -0.3 is 14.8 Å². The molecule has 3 rings (SSSR count). The maximum absolute atomic E-state index is 13.5. The predicted molar refractivity (Wildman–Crippen MR) is 124 cm³/mol. The second kappa shape index (κ2) is 10.8. The first kappa shape index (κ1) is 24.1. The van der Waals surface area contributed by atoms with Crippen LogP contribution in [0.4, 0.5) is 10.1 Å². The van der Waals surface area contributed by atoms with Gasteiger partial charge in [0.15, 0.2) is 11.5 Å². The van der Waals surface area contributed by atoms with Gasteiger partial charge in [0.2, 0.25) is 5.91 Å². The van der Waals surface area contributed by atoms with Crippen molar-refractivity contribution in [2.75, 3.05) is 31.6 Å². The maximum Gasteiger partial charge on any atom is 0.264 e.